The molecule has 0 amide bonds. The van der Waals surface area contributed by atoms with E-state index in [-0.39, 0.29) is 13.2 Å². The van der Waals surface area contributed by atoms with Crippen LogP contribution in [0.3, 0.4) is 0 Å². The minimum absolute atomic E-state index is 0.250. The Balaban J connectivity index is 0. The predicted octanol–water partition coefficient (Wildman–Crippen LogP) is 2.34. The Bertz CT molecular complexity index is 49.8. The van der Waals surface area contributed by atoms with Gasteiger partial charge in [0.25, 0.3) is 0 Å². The second-order valence-corrected chi connectivity index (χ2v) is 2.86. The normalized spacial score (nSPS) is 9.00. The Morgan fingerprint density at radius 2 is 1.08 bits per heavy atom. The second-order valence-electron chi connectivity index (χ2n) is 2.86. The van der Waals surface area contributed by atoms with Gasteiger partial charge in [0.15, 0.2) is 0 Å². The lowest BCUT2D eigenvalue weighted by molar-refractivity contribution is 0.257. The molecule has 0 saturated carbocycles. The Morgan fingerprint density at radius 1 is 0.667 bits per heavy atom. The molecule has 0 atom stereocenters. The number of hydrogen-bond donors (Lipinski definition) is 2. The molecule has 0 aromatic rings. The van der Waals surface area contributed by atoms with Crippen LogP contribution in [0.4, 0.5) is 0 Å². The quantitative estimate of drug-likeness (QED) is 0.610. The first kappa shape index (κ1) is 14.4. The van der Waals surface area contributed by atoms with Crippen LogP contribution in [0.15, 0.2) is 0 Å². The molecule has 0 fully saturated rings. The van der Waals surface area contributed by atoms with E-state index < -0.39 is 0 Å². The van der Waals surface area contributed by atoms with Crippen LogP contribution in [0.25, 0.3) is 0 Å². The topological polar surface area (TPSA) is 40.5 Å². The monoisotopic (exact) mass is 176 g/mol. The molecular weight excluding hydrogens is 152 g/mol. The summed E-state index contributed by atoms with van der Waals surface area (Å²) >= 11 is 0. The molecule has 0 aliphatic carbocycles. The van der Waals surface area contributed by atoms with Crippen LogP contribution in [0.1, 0.15) is 52.4 Å². The van der Waals surface area contributed by atoms with Gasteiger partial charge in [0.05, 0.1) is 0 Å². The summed E-state index contributed by atoms with van der Waals surface area (Å²) in [6, 6.07) is 0. The summed E-state index contributed by atoms with van der Waals surface area (Å²) in [5.41, 5.74) is 0. The third kappa shape index (κ3) is 22.5. The van der Waals surface area contributed by atoms with E-state index in [1.54, 1.807) is 0 Å². The van der Waals surface area contributed by atoms with Gasteiger partial charge < -0.3 is 10.2 Å². The van der Waals surface area contributed by atoms with E-state index in [9.17, 15) is 0 Å². The molecule has 0 saturated heterocycles. The van der Waals surface area contributed by atoms with Crippen LogP contribution in [-0.2, 0) is 0 Å². The lowest BCUT2D eigenvalue weighted by Crippen LogP contribution is -1.85. The molecule has 0 radical (unpaired) electrons. The zero-order chi connectivity index (χ0) is 9.66. The molecule has 2 nitrogen and oxygen atoms in total. The molecule has 0 aliphatic rings. The van der Waals surface area contributed by atoms with Crippen molar-refractivity contribution in [3.8, 4) is 0 Å². The van der Waals surface area contributed by atoms with Crippen LogP contribution in [-0.4, -0.2) is 23.4 Å². The summed E-state index contributed by atoms with van der Waals surface area (Å²) in [6.07, 6.45) is 6.65. The van der Waals surface area contributed by atoms with Gasteiger partial charge in [0.2, 0.25) is 0 Å². The highest BCUT2D eigenvalue weighted by atomic mass is 16.3. The van der Waals surface area contributed by atoms with Crippen molar-refractivity contribution < 1.29 is 10.2 Å². The van der Waals surface area contributed by atoms with Gasteiger partial charge in [-0.05, 0) is 19.3 Å². The summed E-state index contributed by atoms with van der Waals surface area (Å²) in [7, 11) is 0. The van der Waals surface area contributed by atoms with Crippen molar-refractivity contribution in [2.45, 2.75) is 52.4 Å². The molecule has 2 N–H and O–H groups in total. The van der Waals surface area contributed by atoms with Crippen LogP contribution < -0.4 is 0 Å². The first-order valence-corrected chi connectivity index (χ1v) is 5.05. The van der Waals surface area contributed by atoms with Crippen molar-refractivity contribution in [3.63, 3.8) is 0 Å². The van der Waals surface area contributed by atoms with Crippen LogP contribution in [0.2, 0.25) is 0 Å². The highest BCUT2D eigenvalue weighted by Crippen LogP contribution is 1.90. The molecule has 0 aromatic heterocycles. The number of aliphatic hydroxyl groups excluding tert-OH is 2. The smallest absolute Gasteiger partial charge is 0.0431 e. The lowest BCUT2D eigenvalue weighted by Gasteiger charge is -1.90. The fourth-order valence-corrected chi connectivity index (χ4v) is 0.754. The number of hydrogen-bond acceptors (Lipinski definition) is 2. The van der Waals surface area contributed by atoms with E-state index in [0.717, 1.165) is 19.3 Å². The predicted molar refractivity (Wildman–Crippen MR) is 53.2 cm³/mol. The van der Waals surface area contributed by atoms with E-state index in [2.05, 4.69) is 13.8 Å². The largest absolute Gasteiger partial charge is 0.396 e. The highest BCUT2D eigenvalue weighted by molar-refractivity contribution is 4.35. The van der Waals surface area contributed by atoms with Gasteiger partial charge in [0, 0.05) is 13.2 Å². The average molecular weight is 176 g/mol. The molecule has 0 spiro atoms. The zero-order valence-corrected chi connectivity index (χ0v) is 8.55. The minimum atomic E-state index is 0.250. The molecule has 2 heteroatoms. The Morgan fingerprint density at radius 3 is 1.25 bits per heavy atom. The van der Waals surface area contributed by atoms with E-state index in [1.807, 2.05) is 0 Å². The van der Waals surface area contributed by atoms with Crippen LogP contribution >= 0.6 is 0 Å². The van der Waals surface area contributed by atoms with E-state index in [1.165, 1.54) is 19.3 Å². The van der Waals surface area contributed by atoms with Crippen molar-refractivity contribution in [3.05, 3.63) is 0 Å². The molecule has 12 heavy (non-hydrogen) atoms. The summed E-state index contributed by atoms with van der Waals surface area (Å²) in [5.74, 6) is 0. The van der Waals surface area contributed by atoms with E-state index >= 15 is 0 Å². The molecule has 76 valence electrons. The molecule has 0 aliphatic heterocycles. The first-order chi connectivity index (χ1) is 5.83. The van der Waals surface area contributed by atoms with Crippen molar-refractivity contribution in [1.29, 1.82) is 0 Å². The van der Waals surface area contributed by atoms with Gasteiger partial charge in [-0.25, -0.2) is 0 Å². The van der Waals surface area contributed by atoms with Crippen molar-refractivity contribution >= 4 is 0 Å². The highest BCUT2D eigenvalue weighted by Gasteiger charge is 1.81. The molecular formula is C10H24O2. The van der Waals surface area contributed by atoms with Crippen molar-refractivity contribution in [2.24, 2.45) is 0 Å². The summed E-state index contributed by atoms with van der Waals surface area (Å²) < 4.78 is 0. The first-order valence-electron chi connectivity index (χ1n) is 5.05. The van der Waals surface area contributed by atoms with Gasteiger partial charge in [-0.2, -0.15) is 0 Å². The zero-order valence-electron chi connectivity index (χ0n) is 8.55. The molecule has 0 aromatic carbocycles. The van der Waals surface area contributed by atoms with Crippen molar-refractivity contribution in [2.75, 3.05) is 13.2 Å². The van der Waals surface area contributed by atoms with Gasteiger partial charge >= 0.3 is 0 Å². The minimum Gasteiger partial charge on any atom is -0.396 e. The van der Waals surface area contributed by atoms with Crippen LogP contribution in [0.5, 0.6) is 0 Å². The Labute approximate surface area is 76.6 Å². The maximum Gasteiger partial charge on any atom is 0.0431 e. The number of aliphatic hydroxyl groups is 2. The van der Waals surface area contributed by atoms with Gasteiger partial charge in [-0.3, -0.25) is 0 Å². The summed E-state index contributed by atoms with van der Waals surface area (Å²) in [5, 5.41) is 16.4. The summed E-state index contributed by atoms with van der Waals surface area (Å²) in [4.78, 5) is 0. The Hall–Kier alpha value is -0.0800. The maximum absolute atomic E-state index is 8.21. The van der Waals surface area contributed by atoms with Gasteiger partial charge in [-0.1, -0.05) is 33.1 Å². The third-order valence-electron chi connectivity index (χ3n) is 1.52. The molecule has 0 rings (SSSR count). The number of unbranched alkanes of at least 4 members (excludes halogenated alkanes) is 4. The summed E-state index contributed by atoms with van der Waals surface area (Å²) in [6.45, 7) is 4.92. The van der Waals surface area contributed by atoms with Gasteiger partial charge in [0.1, 0.15) is 0 Å². The molecule has 0 unspecified atom stereocenters. The average Bonchev–Trinajstić information content (AvgIpc) is 2.08. The lowest BCUT2D eigenvalue weighted by atomic mass is 10.2. The molecule has 0 heterocycles. The van der Waals surface area contributed by atoms with E-state index in [4.69, 9.17) is 10.2 Å². The maximum atomic E-state index is 8.21. The fraction of sp³-hybridized carbons (Fsp3) is 1.00. The third-order valence-corrected chi connectivity index (χ3v) is 1.52. The second kappa shape index (κ2) is 17.1. The van der Waals surface area contributed by atoms with E-state index in [0.29, 0.717) is 0 Å². The fourth-order valence-electron chi connectivity index (χ4n) is 0.754. The standard InChI is InChI=1S/C5H12O2.C5H12/c6-4-2-1-3-5-7;1-3-5-4-2/h6-7H,1-5H2;3-5H2,1-2H3. The number of rotatable bonds is 6. The van der Waals surface area contributed by atoms with Crippen molar-refractivity contribution in [1.82, 2.24) is 0 Å². The Kier molecular flexibility index (Phi) is 20.6. The van der Waals surface area contributed by atoms with Gasteiger partial charge in [-0.15, -0.1) is 0 Å². The van der Waals surface area contributed by atoms with Crippen LogP contribution in [0, 0.1) is 0 Å². The molecule has 0 bridgehead atoms. The SMILES string of the molecule is CCCCC.OCCCCCO.